The molecule has 4 aromatic rings. The second-order valence-corrected chi connectivity index (χ2v) is 9.62. The number of hydrogen-bond donors (Lipinski definition) is 4. The summed E-state index contributed by atoms with van der Waals surface area (Å²) in [5.41, 5.74) is 1.30. The molecule has 1 fully saturated rings. The summed E-state index contributed by atoms with van der Waals surface area (Å²) < 4.78 is 59.6. The molecular weight excluding hydrogens is 526 g/mol. The van der Waals surface area contributed by atoms with Crippen LogP contribution in [0.3, 0.4) is 0 Å². The van der Waals surface area contributed by atoms with Gasteiger partial charge in [0.05, 0.1) is 17.3 Å². The van der Waals surface area contributed by atoms with Gasteiger partial charge in [0.1, 0.15) is 0 Å². The Morgan fingerprint density at radius 3 is 2.54 bits per heavy atom. The predicted octanol–water partition coefficient (Wildman–Crippen LogP) is 4.59. The summed E-state index contributed by atoms with van der Waals surface area (Å²) in [6, 6.07) is 15.2. The molecule has 5 rings (SSSR count). The molecule has 4 N–H and O–H groups in total. The van der Waals surface area contributed by atoms with Gasteiger partial charge in [0.15, 0.2) is 11.6 Å². The third-order valence-corrected chi connectivity index (χ3v) is 6.76. The van der Waals surface area contributed by atoms with Crippen molar-refractivity contribution in [1.29, 1.82) is 0 Å². The van der Waals surface area contributed by atoms with Crippen LogP contribution in [0.15, 0.2) is 73.1 Å². The van der Waals surface area contributed by atoms with Crippen LogP contribution < -0.4 is 20.1 Å². The van der Waals surface area contributed by atoms with Crippen LogP contribution in [0.1, 0.15) is 30.0 Å². The number of aromatic nitrogens is 3. The van der Waals surface area contributed by atoms with E-state index < -0.39 is 34.7 Å². The number of pyridine rings is 1. The summed E-state index contributed by atoms with van der Waals surface area (Å²) in [4.78, 5) is 13.1. The molecule has 3 heterocycles. The van der Waals surface area contributed by atoms with Gasteiger partial charge in [-0.3, -0.25) is 4.55 Å². The van der Waals surface area contributed by atoms with Gasteiger partial charge in [-0.05, 0) is 55.8 Å². The van der Waals surface area contributed by atoms with Gasteiger partial charge in [-0.15, -0.1) is 0 Å². The zero-order valence-corrected chi connectivity index (χ0v) is 21.5. The molecule has 202 valence electrons. The largest absolute Gasteiger partial charge is 0.435 e. The maximum atomic E-state index is 15.3. The summed E-state index contributed by atoms with van der Waals surface area (Å²) >= 11 is -2.48. The molecule has 0 amide bonds. The van der Waals surface area contributed by atoms with Crippen LogP contribution in [0, 0.1) is 11.6 Å². The lowest BCUT2D eigenvalue weighted by atomic mass is 9.99. The molecule has 1 saturated heterocycles. The van der Waals surface area contributed by atoms with Crippen LogP contribution in [0.2, 0.25) is 0 Å². The number of nitrogens with zero attached hydrogens (tertiary/aromatic N) is 3. The van der Waals surface area contributed by atoms with Crippen LogP contribution in [-0.2, 0) is 11.3 Å². The first kappa shape index (κ1) is 26.8. The van der Waals surface area contributed by atoms with E-state index in [1.54, 1.807) is 54.7 Å². The molecule has 0 spiro atoms. The number of nitrogens with one attached hydrogen (secondary N) is 3. The van der Waals surface area contributed by atoms with Gasteiger partial charge >= 0.3 is 0 Å². The lowest BCUT2D eigenvalue weighted by Crippen LogP contribution is -2.35. The molecule has 2 atom stereocenters. The van der Waals surface area contributed by atoms with E-state index in [1.807, 2.05) is 0 Å². The molecule has 39 heavy (non-hydrogen) atoms. The average Bonchev–Trinajstić information content (AvgIpc) is 2.96. The van der Waals surface area contributed by atoms with Crippen LogP contribution in [0.4, 0.5) is 14.7 Å². The van der Waals surface area contributed by atoms with E-state index in [0.29, 0.717) is 22.8 Å². The van der Waals surface area contributed by atoms with Crippen molar-refractivity contribution in [2.75, 3.05) is 18.4 Å². The molecule has 1 aliphatic rings. The Hall–Kier alpha value is -3.84. The Morgan fingerprint density at radius 1 is 0.974 bits per heavy atom. The van der Waals surface area contributed by atoms with E-state index in [1.165, 1.54) is 18.3 Å². The number of benzene rings is 2. The van der Waals surface area contributed by atoms with Crippen molar-refractivity contribution < 1.29 is 22.3 Å². The number of ether oxygens (including phenoxy) is 1. The Labute approximate surface area is 226 Å². The van der Waals surface area contributed by atoms with Gasteiger partial charge < -0.3 is 15.4 Å². The Kier molecular flexibility index (Phi) is 8.47. The topological polar surface area (TPSA) is 121 Å². The highest BCUT2D eigenvalue weighted by molar-refractivity contribution is 7.77. The van der Waals surface area contributed by atoms with Crippen molar-refractivity contribution in [3.63, 3.8) is 0 Å². The predicted molar refractivity (Wildman–Crippen MR) is 143 cm³/mol. The van der Waals surface area contributed by atoms with E-state index in [2.05, 4.69) is 30.3 Å². The first-order chi connectivity index (χ1) is 19.0. The number of hydrogen-bond acceptors (Lipinski definition) is 7. The minimum absolute atomic E-state index is 0.0317. The number of anilines is 1. The summed E-state index contributed by atoms with van der Waals surface area (Å²) in [7, 11) is 0. The normalized spacial score (nSPS) is 15.5. The van der Waals surface area contributed by atoms with Crippen LogP contribution in [0.25, 0.3) is 11.3 Å². The van der Waals surface area contributed by atoms with E-state index in [-0.39, 0.29) is 17.5 Å². The Bertz CT molecular complexity index is 1460. The van der Waals surface area contributed by atoms with Gasteiger partial charge in [-0.1, -0.05) is 36.4 Å². The summed E-state index contributed by atoms with van der Waals surface area (Å²) in [6.07, 6.45) is 4.98. The quantitative estimate of drug-likeness (QED) is 0.223. The first-order valence-electron chi connectivity index (χ1n) is 12.3. The van der Waals surface area contributed by atoms with E-state index in [4.69, 9.17) is 4.74 Å². The number of piperidine rings is 1. The standard InChI is InChI=1S/C27H26F2N6O3S/c28-23-20(25(35-39(36)37)17-5-2-1-3-6-17)8-9-22(24(23)29)38-26-19(7-4-13-31-26)21-12-16-32-27(34-21)33-18-10-14-30-15-11-18/h1-9,12-13,16,18,25,30,35H,10-11,14-15H2,(H,36,37)(H,32,33,34). The molecule has 2 aromatic heterocycles. The minimum Gasteiger partial charge on any atom is -0.435 e. The zero-order chi connectivity index (χ0) is 27.2. The highest BCUT2D eigenvalue weighted by Crippen LogP contribution is 2.35. The van der Waals surface area contributed by atoms with Crippen molar-refractivity contribution >= 4 is 17.2 Å². The van der Waals surface area contributed by atoms with Crippen LogP contribution >= 0.6 is 0 Å². The van der Waals surface area contributed by atoms with Crippen molar-refractivity contribution in [2.24, 2.45) is 0 Å². The van der Waals surface area contributed by atoms with E-state index in [0.717, 1.165) is 25.9 Å². The molecule has 1 aliphatic heterocycles. The zero-order valence-electron chi connectivity index (χ0n) is 20.7. The summed E-state index contributed by atoms with van der Waals surface area (Å²) in [6.45, 7) is 1.83. The molecule has 0 saturated carbocycles. The monoisotopic (exact) mass is 552 g/mol. The third-order valence-electron chi connectivity index (χ3n) is 6.32. The van der Waals surface area contributed by atoms with E-state index >= 15 is 8.78 Å². The molecule has 12 heteroatoms. The second kappa shape index (κ2) is 12.3. The second-order valence-electron chi connectivity index (χ2n) is 8.88. The van der Waals surface area contributed by atoms with Gasteiger partial charge in [0.2, 0.25) is 28.9 Å². The molecule has 2 unspecified atom stereocenters. The number of rotatable bonds is 9. The molecule has 0 aliphatic carbocycles. The SMILES string of the molecule is O=S(O)NC(c1ccccc1)c1ccc(Oc2ncccc2-c2ccnc(NC3CCNCC3)n2)c(F)c1F. The first-order valence-corrected chi connectivity index (χ1v) is 13.4. The maximum Gasteiger partial charge on any atom is 0.232 e. The van der Waals surface area contributed by atoms with Crippen molar-refractivity contribution in [3.8, 4) is 22.9 Å². The Balaban J connectivity index is 1.42. The lowest BCUT2D eigenvalue weighted by Gasteiger charge is -2.23. The average molecular weight is 553 g/mol. The van der Waals surface area contributed by atoms with Crippen LogP contribution in [0.5, 0.6) is 11.6 Å². The fraction of sp³-hybridized carbons (Fsp3) is 0.222. The van der Waals surface area contributed by atoms with Gasteiger partial charge in [0.25, 0.3) is 0 Å². The Morgan fingerprint density at radius 2 is 1.77 bits per heavy atom. The highest BCUT2D eigenvalue weighted by Gasteiger charge is 2.25. The maximum absolute atomic E-state index is 15.3. The number of halogens is 2. The molecule has 0 radical (unpaired) electrons. The van der Waals surface area contributed by atoms with Gasteiger partial charge in [0, 0.05) is 24.0 Å². The molecular formula is C27H26F2N6O3S. The lowest BCUT2D eigenvalue weighted by molar-refractivity contribution is 0.402. The van der Waals surface area contributed by atoms with Crippen LogP contribution in [-0.4, -0.2) is 42.8 Å². The highest BCUT2D eigenvalue weighted by atomic mass is 32.2. The van der Waals surface area contributed by atoms with Gasteiger partial charge in [-0.25, -0.2) is 28.3 Å². The van der Waals surface area contributed by atoms with Crippen molar-refractivity contribution in [3.05, 3.63) is 95.8 Å². The fourth-order valence-electron chi connectivity index (χ4n) is 4.40. The third kappa shape index (κ3) is 6.42. The summed E-state index contributed by atoms with van der Waals surface area (Å²) in [5.74, 6) is -2.38. The summed E-state index contributed by atoms with van der Waals surface area (Å²) in [5, 5.41) is 6.65. The fourth-order valence-corrected chi connectivity index (χ4v) is 4.87. The van der Waals surface area contributed by atoms with Crippen molar-refractivity contribution in [1.82, 2.24) is 25.0 Å². The van der Waals surface area contributed by atoms with E-state index in [9.17, 15) is 8.76 Å². The minimum atomic E-state index is -2.48. The molecule has 0 bridgehead atoms. The van der Waals surface area contributed by atoms with Gasteiger partial charge in [-0.2, -0.15) is 4.39 Å². The smallest absolute Gasteiger partial charge is 0.232 e. The molecule has 9 nitrogen and oxygen atoms in total. The van der Waals surface area contributed by atoms with Crippen molar-refractivity contribution in [2.45, 2.75) is 24.9 Å². The molecule has 2 aromatic carbocycles.